The third kappa shape index (κ3) is 5.36. The molecule has 0 saturated heterocycles. The van der Waals surface area contributed by atoms with E-state index in [0.717, 1.165) is 77.0 Å². The van der Waals surface area contributed by atoms with Gasteiger partial charge in [0, 0.05) is 11.8 Å². The van der Waals surface area contributed by atoms with Gasteiger partial charge in [0.15, 0.2) is 0 Å². The highest BCUT2D eigenvalue weighted by atomic mass is 31.2. The summed E-state index contributed by atoms with van der Waals surface area (Å²) in [6.07, 6.45) is 21.7. The van der Waals surface area contributed by atoms with Crippen LogP contribution in [0.15, 0.2) is 23.3 Å². The fourth-order valence-electron chi connectivity index (χ4n) is 15.6. The Morgan fingerprint density at radius 3 is 1.76 bits per heavy atom. The normalized spacial score (nSPS) is 50.6. The molecule has 0 aromatic carbocycles. The van der Waals surface area contributed by atoms with Crippen LogP contribution in [-0.2, 0) is 23.2 Å². The second-order valence-corrected chi connectivity index (χ2v) is 20.9. The molecule has 0 aliphatic heterocycles. The zero-order chi connectivity index (χ0) is 35.4. The van der Waals surface area contributed by atoms with Crippen LogP contribution in [0.4, 0.5) is 0 Å². The molecule has 0 amide bonds. The first-order valence-electron chi connectivity index (χ1n) is 20.7. The zero-order valence-electron chi connectivity index (χ0n) is 31.9. The van der Waals surface area contributed by atoms with Crippen LogP contribution in [0, 0.1) is 69.0 Å². The molecule has 6 fully saturated rings. The number of phosphoric ester groups is 1. The lowest BCUT2D eigenvalue weighted by Crippen LogP contribution is -2.51. The van der Waals surface area contributed by atoms with Gasteiger partial charge in [-0.2, -0.15) is 0 Å². The van der Waals surface area contributed by atoms with Crippen LogP contribution in [0.5, 0.6) is 0 Å². The SMILES string of the molecule is CCC12CCC(OP(=O)(O)OC3CCC4(C)C(=CCC5C4CCC4(C)C(C(C)=O)CCC54)C3)CC1=CCC1C2CCC2(C)C(C(C)=O)CCC12. The molecule has 0 aromatic rings. The molecule has 6 nitrogen and oxygen atoms in total. The second kappa shape index (κ2) is 12.5. The van der Waals surface area contributed by atoms with Crippen LogP contribution >= 0.6 is 7.82 Å². The first-order valence-corrected chi connectivity index (χ1v) is 22.2. The third-order valence-electron chi connectivity index (χ3n) is 18.0. The molecule has 7 heteroatoms. The number of hydrogen-bond acceptors (Lipinski definition) is 5. The Kier molecular flexibility index (Phi) is 8.98. The minimum atomic E-state index is -4.23. The number of carbonyl (C=O) groups excluding carboxylic acids is 2. The molecule has 8 aliphatic carbocycles. The largest absolute Gasteiger partial charge is 0.472 e. The van der Waals surface area contributed by atoms with Crippen molar-refractivity contribution in [2.24, 2.45) is 69.0 Å². The van der Waals surface area contributed by atoms with Crippen LogP contribution in [0.2, 0.25) is 0 Å². The van der Waals surface area contributed by atoms with Crippen LogP contribution in [-0.4, -0.2) is 28.7 Å². The van der Waals surface area contributed by atoms with E-state index in [1.165, 1.54) is 36.8 Å². The molecular formula is C43H65O6P. The minimum Gasteiger partial charge on any atom is -0.302 e. The summed E-state index contributed by atoms with van der Waals surface area (Å²) in [7, 11) is -4.23. The van der Waals surface area contributed by atoms with Crippen molar-refractivity contribution < 1.29 is 28.1 Å². The van der Waals surface area contributed by atoms with E-state index in [9.17, 15) is 19.0 Å². The Morgan fingerprint density at radius 2 is 1.20 bits per heavy atom. The van der Waals surface area contributed by atoms with Gasteiger partial charge >= 0.3 is 7.82 Å². The van der Waals surface area contributed by atoms with Gasteiger partial charge in [-0.25, -0.2) is 4.57 Å². The van der Waals surface area contributed by atoms with Crippen molar-refractivity contribution >= 4 is 19.4 Å². The fraction of sp³-hybridized carbons (Fsp3) is 0.860. The molecule has 15 atom stereocenters. The van der Waals surface area contributed by atoms with Crippen molar-refractivity contribution in [3.8, 4) is 0 Å². The van der Waals surface area contributed by atoms with Gasteiger partial charge in [0.2, 0.25) is 0 Å². The fourth-order valence-corrected chi connectivity index (χ4v) is 16.8. The summed E-state index contributed by atoms with van der Waals surface area (Å²) in [6, 6.07) is 0. The van der Waals surface area contributed by atoms with Gasteiger partial charge in [-0.3, -0.25) is 18.6 Å². The molecule has 1 N–H and O–H groups in total. The number of hydrogen-bond donors (Lipinski definition) is 1. The summed E-state index contributed by atoms with van der Waals surface area (Å²) in [6.45, 7) is 13.2. The van der Waals surface area contributed by atoms with Crippen LogP contribution in [0.25, 0.3) is 0 Å². The average Bonchev–Trinajstić information content (AvgIpc) is 3.61. The summed E-state index contributed by atoms with van der Waals surface area (Å²) in [5.74, 6) is 4.99. The number of fused-ring (bicyclic) bond motifs is 10. The number of rotatable bonds is 7. The van der Waals surface area contributed by atoms with Gasteiger partial charge in [0.25, 0.3) is 0 Å². The first-order chi connectivity index (χ1) is 23.6. The summed E-state index contributed by atoms with van der Waals surface area (Å²) < 4.78 is 25.8. The summed E-state index contributed by atoms with van der Waals surface area (Å²) in [5.41, 5.74) is 3.44. The topological polar surface area (TPSA) is 89.9 Å². The third-order valence-corrected chi connectivity index (χ3v) is 19.1. The standard InChI is InChI=1S/C43H65O6P/c1-7-43-23-17-31(25-29(43)9-11-33-37-15-13-35(27(3)45)42(37,6)22-19-39(33)43)49-50(46,47)48-30-16-20-40(4)28(24-30)8-10-32-36-14-12-34(26(2)44)41(36,5)21-18-38(32)40/h8-9,30-39H,7,10-25H2,1-6H3,(H,46,47). The maximum atomic E-state index is 13.7. The van der Waals surface area contributed by atoms with Gasteiger partial charge in [-0.15, -0.1) is 0 Å². The van der Waals surface area contributed by atoms with Crippen molar-refractivity contribution in [1.29, 1.82) is 0 Å². The quantitative estimate of drug-likeness (QED) is 0.209. The number of ketones is 2. The Labute approximate surface area is 302 Å². The van der Waals surface area contributed by atoms with Crippen LogP contribution in [0.3, 0.4) is 0 Å². The maximum Gasteiger partial charge on any atom is 0.472 e. The van der Waals surface area contributed by atoms with Gasteiger partial charge < -0.3 is 4.89 Å². The Bertz CT molecular complexity index is 1520. The molecule has 0 aromatic heterocycles. The molecule has 0 bridgehead atoms. The predicted octanol–water partition coefficient (Wildman–Crippen LogP) is 10.6. The van der Waals surface area contributed by atoms with Crippen molar-refractivity contribution in [2.45, 2.75) is 163 Å². The monoisotopic (exact) mass is 708 g/mol. The highest BCUT2D eigenvalue weighted by molar-refractivity contribution is 7.47. The summed E-state index contributed by atoms with van der Waals surface area (Å²) in [4.78, 5) is 36.3. The molecule has 8 rings (SSSR count). The maximum absolute atomic E-state index is 13.7. The van der Waals surface area contributed by atoms with Gasteiger partial charge in [0.05, 0.1) is 12.2 Å². The highest BCUT2D eigenvalue weighted by Crippen LogP contribution is 2.69. The van der Waals surface area contributed by atoms with Gasteiger partial charge in [0.1, 0.15) is 11.6 Å². The Morgan fingerprint density at radius 1 is 0.700 bits per heavy atom. The molecule has 8 aliphatic rings. The number of phosphoric acid groups is 1. The van der Waals surface area contributed by atoms with E-state index >= 15 is 0 Å². The van der Waals surface area contributed by atoms with Crippen molar-refractivity contribution in [3.05, 3.63) is 23.3 Å². The number of allylic oxidation sites excluding steroid dienone is 2. The van der Waals surface area contributed by atoms with Crippen LogP contribution < -0.4 is 0 Å². The molecule has 15 unspecified atom stereocenters. The van der Waals surface area contributed by atoms with E-state index in [-0.39, 0.29) is 45.7 Å². The van der Waals surface area contributed by atoms with Crippen molar-refractivity contribution in [1.82, 2.24) is 0 Å². The first kappa shape index (κ1) is 35.9. The molecule has 6 saturated carbocycles. The van der Waals surface area contributed by atoms with Gasteiger partial charge in [-0.05, 0) is 180 Å². The molecule has 0 radical (unpaired) electrons. The highest BCUT2D eigenvalue weighted by Gasteiger charge is 2.62. The van der Waals surface area contributed by atoms with E-state index in [1.807, 2.05) is 6.92 Å². The molecular weight excluding hydrogens is 643 g/mol. The van der Waals surface area contributed by atoms with Crippen molar-refractivity contribution in [2.75, 3.05) is 0 Å². The second-order valence-electron chi connectivity index (χ2n) is 19.6. The molecule has 278 valence electrons. The smallest absolute Gasteiger partial charge is 0.302 e. The lowest BCUT2D eigenvalue weighted by molar-refractivity contribution is -0.128. The van der Waals surface area contributed by atoms with E-state index in [4.69, 9.17) is 9.05 Å². The summed E-state index contributed by atoms with van der Waals surface area (Å²) >= 11 is 0. The lowest BCUT2D eigenvalue weighted by Gasteiger charge is -2.59. The summed E-state index contributed by atoms with van der Waals surface area (Å²) in [5, 5.41) is 0. The van der Waals surface area contributed by atoms with E-state index in [2.05, 4.69) is 39.8 Å². The van der Waals surface area contributed by atoms with E-state index in [0.29, 0.717) is 53.5 Å². The lowest BCUT2D eigenvalue weighted by atomic mass is 9.46. The minimum absolute atomic E-state index is 0.110. The predicted molar refractivity (Wildman–Crippen MR) is 196 cm³/mol. The molecule has 0 heterocycles. The number of carbonyl (C=O) groups is 2. The molecule has 0 spiro atoms. The molecule has 50 heavy (non-hydrogen) atoms. The van der Waals surface area contributed by atoms with Crippen LogP contribution in [0.1, 0.15) is 151 Å². The van der Waals surface area contributed by atoms with E-state index in [1.54, 1.807) is 6.92 Å². The van der Waals surface area contributed by atoms with Gasteiger partial charge in [-0.1, -0.05) is 51.0 Å². The Hall–Kier alpha value is -1.07. The van der Waals surface area contributed by atoms with Crippen molar-refractivity contribution in [3.63, 3.8) is 0 Å². The van der Waals surface area contributed by atoms with E-state index < -0.39 is 7.82 Å². The zero-order valence-corrected chi connectivity index (χ0v) is 32.8. The number of Topliss-reactive ketones (excluding diaryl/α,β-unsaturated/α-hetero) is 2. The Balaban J connectivity index is 0.912. The average molecular weight is 709 g/mol.